The van der Waals surface area contributed by atoms with E-state index in [0.29, 0.717) is 5.56 Å². The van der Waals surface area contributed by atoms with Gasteiger partial charge in [0.15, 0.2) is 0 Å². The van der Waals surface area contributed by atoms with E-state index < -0.39 is 0 Å². The predicted molar refractivity (Wildman–Crippen MR) is 57.5 cm³/mol. The number of halogens is 1. The van der Waals surface area contributed by atoms with E-state index in [2.05, 4.69) is 0 Å². The third kappa shape index (κ3) is 2.32. The van der Waals surface area contributed by atoms with E-state index in [0.717, 1.165) is 5.56 Å². The third-order valence-electron chi connectivity index (χ3n) is 2.42. The van der Waals surface area contributed by atoms with E-state index in [1.54, 1.807) is 6.07 Å². The first kappa shape index (κ1) is 11.2. The van der Waals surface area contributed by atoms with Crippen LogP contribution in [0.15, 0.2) is 18.2 Å². The molecule has 1 nitrogen and oxygen atoms in total. The maximum absolute atomic E-state index is 13.5. The molecule has 2 N–H and O–H groups in total. The molecule has 0 radical (unpaired) electrons. The van der Waals surface area contributed by atoms with E-state index in [4.69, 9.17) is 5.73 Å². The number of benzene rings is 1. The van der Waals surface area contributed by atoms with Crippen molar-refractivity contribution in [1.29, 1.82) is 0 Å². The molecule has 1 aromatic rings. The van der Waals surface area contributed by atoms with Crippen LogP contribution in [0.4, 0.5) is 4.39 Å². The molecular weight excluding hydrogens is 177 g/mol. The molecule has 0 aliphatic heterocycles. The Bertz CT molecular complexity index is 326. The lowest BCUT2D eigenvalue weighted by Crippen LogP contribution is -2.27. The largest absolute Gasteiger partial charge is 0.323 e. The Morgan fingerprint density at radius 1 is 1.29 bits per heavy atom. The molecule has 2 heteroatoms. The van der Waals surface area contributed by atoms with Crippen molar-refractivity contribution in [2.45, 2.75) is 33.7 Å². The van der Waals surface area contributed by atoms with E-state index >= 15 is 0 Å². The van der Waals surface area contributed by atoms with Crippen LogP contribution in [-0.4, -0.2) is 0 Å². The van der Waals surface area contributed by atoms with Gasteiger partial charge in [-0.3, -0.25) is 0 Å². The fourth-order valence-electron chi connectivity index (χ4n) is 1.37. The lowest BCUT2D eigenvalue weighted by atomic mass is 9.82. The monoisotopic (exact) mass is 195 g/mol. The summed E-state index contributed by atoms with van der Waals surface area (Å²) in [4.78, 5) is 0. The molecular formula is C12H18FN. The molecule has 0 unspecified atom stereocenters. The van der Waals surface area contributed by atoms with Gasteiger partial charge in [0, 0.05) is 11.6 Å². The standard InChI is InChI=1S/C12H18FN/c1-8-5-6-10(13)9(7-8)11(14)12(2,3)4/h5-7,11H,14H2,1-4H3/t11-/m1/s1. The van der Waals surface area contributed by atoms with Gasteiger partial charge in [-0.2, -0.15) is 0 Å². The minimum Gasteiger partial charge on any atom is -0.323 e. The molecule has 1 atom stereocenters. The summed E-state index contributed by atoms with van der Waals surface area (Å²) in [5.41, 5.74) is 7.54. The molecule has 0 amide bonds. The van der Waals surface area contributed by atoms with Gasteiger partial charge in [-0.25, -0.2) is 4.39 Å². The average molecular weight is 195 g/mol. The number of nitrogens with two attached hydrogens (primary N) is 1. The highest BCUT2D eigenvalue weighted by Gasteiger charge is 2.24. The summed E-state index contributed by atoms with van der Waals surface area (Å²) in [7, 11) is 0. The second-order valence-corrected chi connectivity index (χ2v) is 4.87. The van der Waals surface area contributed by atoms with Gasteiger partial charge in [0.2, 0.25) is 0 Å². The van der Waals surface area contributed by atoms with Crippen molar-refractivity contribution in [2.24, 2.45) is 11.1 Å². The van der Waals surface area contributed by atoms with Gasteiger partial charge in [-0.1, -0.05) is 38.5 Å². The van der Waals surface area contributed by atoms with E-state index in [1.165, 1.54) is 6.07 Å². The summed E-state index contributed by atoms with van der Waals surface area (Å²) in [6.07, 6.45) is 0. The predicted octanol–water partition coefficient (Wildman–Crippen LogP) is 3.18. The van der Waals surface area contributed by atoms with Gasteiger partial charge >= 0.3 is 0 Å². The Hall–Kier alpha value is -0.890. The third-order valence-corrected chi connectivity index (χ3v) is 2.42. The van der Waals surface area contributed by atoms with Crippen LogP contribution >= 0.6 is 0 Å². The molecule has 0 aliphatic carbocycles. The quantitative estimate of drug-likeness (QED) is 0.731. The van der Waals surface area contributed by atoms with Gasteiger partial charge in [-0.15, -0.1) is 0 Å². The molecule has 1 rings (SSSR count). The number of hydrogen-bond acceptors (Lipinski definition) is 1. The molecule has 0 heterocycles. The van der Waals surface area contributed by atoms with Crippen molar-refractivity contribution in [3.05, 3.63) is 35.1 Å². The van der Waals surface area contributed by atoms with Gasteiger partial charge < -0.3 is 5.73 Å². The Labute approximate surface area is 85.1 Å². The summed E-state index contributed by atoms with van der Waals surface area (Å²) in [6.45, 7) is 7.98. The van der Waals surface area contributed by atoms with Gasteiger partial charge in [-0.05, 0) is 18.4 Å². The molecule has 0 spiro atoms. The minimum absolute atomic E-state index is 0.116. The van der Waals surface area contributed by atoms with Gasteiger partial charge in [0.1, 0.15) is 5.82 Å². The van der Waals surface area contributed by atoms with Crippen molar-refractivity contribution < 1.29 is 4.39 Å². The maximum atomic E-state index is 13.5. The minimum atomic E-state index is -0.262. The summed E-state index contributed by atoms with van der Waals surface area (Å²) in [5.74, 6) is -0.210. The van der Waals surface area contributed by atoms with Crippen molar-refractivity contribution in [2.75, 3.05) is 0 Å². The number of aryl methyl sites for hydroxylation is 1. The number of rotatable bonds is 1. The Balaban J connectivity index is 3.12. The smallest absolute Gasteiger partial charge is 0.128 e. The lowest BCUT2D eigenvalue weighted by molar-refractivity contribution is 0.319. The topological polar surface area (TPSA) is 26.0 Å². The highest BCUT2D eigenvalue weighted by Crippen LogP contribution is 2.32. The van der Waals surface area contributed by atoms with Crippen LogP contribution in [0.3, 0.4) is 0 Å². The maximum Gasteiger partial charge on any atom is 0.128 e. The molecule has 0 fully saturated rings. The van der Waals surface area contributed by atoms with Crippen molar-refractivity contribution >= 4 is 0 Å². The van der Waals surface area contributed by atoms with E-state index in [-0.39, 0.29) is 17.3 Å². The van der Waals surface area contributed by atoms with Crippen LogP contribution in [0.25, 0.3) is 0 Å². The first-order valence-electron chi connectivity index (χ1n) is 4.84. The van der Waals surface area contributed by atoms with Crippen molar-refractivity contribution in [3.63, 3.8) is 0 Å². The summed E-state index contributed by atoms with van der Waals surface area (Å²) < 4.78 is 13.5. The fourth-order valence-corrected chi connectivity index (χ4v) is 1.37. The Morgan fingerprint density at radius 3 is 2.36 bits per heavy atom. The molecule has 14 heavy (non-hydrogen) atoms. The highest BCUT2D eigenvalue weighted by atomic mass is 19.1. The van der Waals surface area contributed by atoms with Crippen LogP contribution in [0.1, 0.15) is 37.9 Å². The SMILES string of the molecule is Cc1ccc(F)c([C@@H](N)C(C)(C)C)c1. The van der Waals surface area contributed by atoms with Gasteiger partial charge in [0.25, 0.3) is 0 Å². The Kier molecular flexibility index (Phi) is 2.95. The lowest BCUT2D eigenvalue weighted by Gasteiger charge is -2.27. The highest BCUT2D eigenvalue weighted by molar-refractivity contribution is 5.27. The fraction of sp³-hybridized carbons (Fsp3) is 0.500. The van der Waals surface area contributed by atoms with Crippen molar-refractivity contribution in [3.8, 4) is 0 Å². The zero-order valence-corrected chi connectivity index (χ0v) is 9.26. The van der Waals surface area contributed by atoms with Crippen LogP contribution in [0.5, 0.6) is 0 Å². The van der Waals surface area contributed by atoms with Crippen LogP contribution < -0.4 is 5.73 Å². The second kappa shape index (κ2) is 3.70. The summed E-state index contributed by atoms with van der Waals surface area (Å²) in [6, 6.07) is 4.80. The molecule has 0 aliphatic rings. The van der Waals surface area contributed by atoms with E-state index in [9.17, 15) is 4.39 Å². The molecule has 0 saturated heterocycles. The van der Waals surface area contributed by atoms with Crippen LogP contribution in [0.2, 0.25) is 0 Å². The van der Waals surface area contributed by atoms with E-state index in [1.807, 2.05) is 33.8 Å². The summed E-state index contributed by atoms with van der Waals surface area (Å²) in [5, 5.41) is 0. The zero-order chi connectivity index (χ0) is 10.9. The Morgan fingerprint density at radius 2 is 1.86 bits per heavy atom. The second-order valence-electron chi connectivity index (χ2n) is 4.87. The van der Waals surface area contributed by atoms with Crippen molar-refractivity contribution in [1.82, 2.24) is 0 Å². The molecule has 1 aromatic carbocycles. The molecule has 0 saturated carbocycles. The van der Waals surface area contributed by atoms with Gasteiger partial charge in [0.05, 0.1) is 0 Å². The van der Waals surface area contributed by atoms with Crippen LogP contribution in [0, 0.1) is 18.2 Å². The first-order chi connectivity index (χ1) is 6.32. The van der Waals surface area contributed by atoms with Crippen LogP contribution in [-0.2, 0) is 0 Å². The molecule has 0 bridgehead atoms. The molecule has 78 valence electrons. The molecule has 0 aromatic heterocycles. The summed E-state index contributed by atoms with van der Waals surface area (Å²) >= 11 is 0. The number of hydrogen-bond donors (Lipinski definition) is 1. The normalized spacial score (nSPS) is 14.1. The first-order valence-corrected chi connectivity index (χ1v) is 4.84. The zero-order valence-electron chi connectivity index (χ0n) is 9.26. The average Bonchev–Trinajstić information content (AvgIpc) is 2.06.